The van der Waals surface area contributed by atoms with Crippen molar-refractivity contribution in [1.29, 1.82) is 0 Å². The van der Waals surface area contributed by atoms with Crippen molar-refractivity contribution in [2.24, 2.45) is 5.73 Å². The molecular formula is C16H18N4O3S. The maximum atomic E-state index is 12.5. The molecule has 0 bridgehead atoms. The summed E-state index contributed by atoms with van der Waals surface area (Å²) in [6.45, 7) is 1.68. The van der Waals surface area contributed by atoms with Crippen molar-refractivity contribution in [3.05, 3.63) is 53.6 Å². The monoisotopic (exact) mass is 346 g/mol. The molecule has 0 spiro atoms. The van der Waals surface area contributed by atoms with Gasteiger partial charge in [0.25, 0.3) is 10.0 Å². The first-order valence-electron chi connectivity index (χ1n) is 7.33. The lowest BCUT2D eigenvalue weighted by Gasteiger charge is -2.10. The summed E-state index contributed by atoms with van der Waals surface area (Å²) >= 11 is 0. The summed E-state index contributed by atoms with van der Waals surface area (Å²) in [7, 11) is -1.68. The number of nitrogens with one attached hydrogen (secondary N) is 2. The number of fused-ring (bicyclic) bond motifs is 1. The summed E-state index contributed by atoms with van der Waals surface area (Å²) in [5.74, 6) is 0. The Balaban J connectivity index is 1.79. The van der Waals surface area contributed by atoms with Gasteiger partial charge in [0.15, 0.2) is 0 Å². The number of amides is 2. The van der Waals surface area contributed by atoms with E-state index in [4.69, 9.17) is 5.73 Å². The number of benzene rings is 2. The Bertz CT molecular complexity index is 879. The number of rotatable bonds is 4. The Morgan fingerprint density at radius 3 is 2.33 bits per heavy atom. The van der Waals surface area contributed by atoms with Gasteiger partial charge in [-0.1, -0.05) is 6.07 Å². The van der Waals surface area contributed by atoms with Gasteiger partial charge in [0.1, 0.15) is 0 Å². The highest BCUT2D eigenvalue weighted by molar-refractivity contribution is 7.92. The molecule has 0 unspecified atom stereocenters. The topological polar surface area (TPSA) is 105 Å². The molecule has 24 heavy (non-hydrogen) atoms. The molecule has 8 heteroatoms. The number of hydrogen-bond acceptors (Lipinski definition) is 4. The van der Waals surface area contributed by atoms with Crippen LogP contribution in [0.2, 0.25) is 0 Å². The third kappa shape index (κ3) is 3.50. The van der Waals surface area contributed by atoms with E-state index < -0.39 is 16.1 Å². The van der Waals surface area contributed by atoms with Crippen LogP contribution in [-0.2, 0) is 23.1 Å². The average molecular weight is 346 g/mol. The molecule has 0 saturated carbocycles. The maximum Gasteiger partial charge on any atom is 0.316 e. The number of nitrogens with zero attached hydrogens (tertiary/aromatic N) is 1. The van der Waals surface area contributed by atoms with Crippen LogP contribution in [0.3, 0.4) is 0 Å². The molecule has 0 saturated heterocycles. The Kier molecular flexibility index (Phi) is 4.16. The van der Waals surface area contributed by atoms with E-state index in [0.29, 0.717) is 11.4 Å². The lowest BCUT2D eigenvalue weighted by atomic mass is 10.1. The molecule has 0 radical (unpaired) electrons. The second-order valence-electron chi connectivity index (χ2n) is 5.77. The largest absolute Gasteiger partial charge is 0.351 e. The minimum atomic E-state index is -3.70. The highest BCUT2D eigenvalue weighted by atomic mass is 32.2. The second-order valence-corrected chi connectivity index (χ2v) is 7.46. The van der Waals surface area contributed by atoms with E-state index in [1.165, 1.54) is 29.8 Å². The number of primary amides is 1. The summed E-state index contributed by atoms with van der Waals surface area (Å²) in [5, 5.41) is 2.38. The molecule has 1 aliphatic rings. The molecule has 7 nitrogen and oxygen atoms in total. The third-order valence-corrected chi connectivity index (χ3v) is 5.17. The fraction of sp³-hybridized carbons (Fsp3) is 0.188. The lowest BCUT2D eigenvalue weighted by Crippen LogP contribution is -2.19. The summed E-state index contributed by atoms with van der Waals surface area (Å²) in [6, 6.07) is 10.7. The fourth-order valence-corrected chi connectivity index (χ4v) is 3.75. The Morgan fingerprint density at radius 1 is 1.04 bits per heavy atom. The van der Waals surface area contributed by atoms with Gasteiger partial charge in [0.05, 0.1) is 4.90 Å². The number of hydrogen-bond donors (Lipinski definition) is 3. The average Bonchev–Trinajstić information content (AvgIpc) is 2.86. The standard InChI is InChI=1S/C16H18N4O3S/c1-20-9-11-2-3-14(8-12(11)10-20)19-24(22,23)15-6-4-13(5-7-15)18-16(17)21/h2-8,19H,9-10H2,1H3,(H3,17,18,21). The van der Waals surface area contributed by atoms with Gasteiger partial charge in [0, 0.05) is 24.5 Å². The van der Waals surface area contributed by atoms with Gasteiger partial charge in [-0.2, -0.15) is 0 Å². The van der Waals surface area contributed by atoms with Crippen LogP contribution in [0, 0.1) is 0 Å². The van der Waals surface area contributed by atoms with Crippen LogP contribution in [0.4, 0.5) is 16.2 Å². The van der Waals surface area contributed by atoms with Crippen LogP contribution < -0.4 is 15.8 Å². The molecule has 0 aliphatic carbocycles. The van der Waals surface area contributed by atoms with Gasteiger partial charge in [-0.15, -0.1) is 0 Å². The van der Waals surface area contributed by atoms with Gasteiger partial charge in [0.2, 0.25) is 0 Å². The molecule has 2 aromatic carbocycles. The Hall–Kier alpha value is -2.58. The first kappa shape index (κ1) is 16.3. The highest BCUT2D eigenvalue weighted by Gasteiger charge is 2.18. The van der Waals surface area contributed by atoms with Crippen molar-refractivity contribution in [3.63, 3.8) is 0 Å². The zero-order valence-corrected chi connectivity index (χ0v) is 13.9. The molecule has 126 valence electrons. The molecule has 3 rings (SSSR count). The van der Waals surface area contributed by atoms with Gasteiger partial charge in [-0.05, 0) is 54.6 Å². The van der Waals surface area contributed by atoms with Crippen LogP contribution in [0.25, 0.3) is 0 Å². The van der Waals surface area contributed by atoms with Crippen LogP contribution >= 0.6 is 0 Å². The molecule has 2 aromatic rings. The summed E-state index contributed by atoms with van der Waals surface area (Å²) < 4.78 is 27.5. The second kappa shape index (κ2) is 6.14. The molecule has 1 aliphatic heterocycles. The Morgan fingerprint density at radius 2 is 1.67 bits per heavy atom. The molecular weight excluding hydrogens is 328 g/mol. The minimum Gasteiger partial charge on any atom is -0.351 e. The van der Waals surface area contributed by atoms with E-state index in [2.05, 4.69) is 14.9 Å². The predicted molar refractivity (Wildman–Crippen MR) is 92.1 cm³/mol. The molecule has 0 atom stereocenters. The minimum absolute atomic E-state index is 0.107. The molecule has 0 fully saturated rings. The van der Waals surface area contributed by atoms with Gasteiger partial charge in [-0.3, -0.25) is 9.62 Å². The van der Waals surface area contributed by atoms with Crippen LogP contribution in [0.5, 0.6) is 0 Å². The van der Waals surface area contributed by atoms with Crippen LogP contribution in [0.1, 0.15) is 11.1 Å². The van der Waals surface area contributed by atoms with E-state index in [0.717, 1.165) is 18.7 Å². The van der Waals surface area contributed by atoms with Crippen LogP contribution in [-0.4, -0.2) is 26.4 Å². The van der Waals surface area contributed by atoms with Crippen molar-refractivity contribution in [3.8, 4) is 0 Å². The van der Waals surface area contributed by atoms with E-state index in [1.807, 2.05) is 19.2 Å². The SMILES string of the molecule is CN1Cc2ccc(NS(=O)(=O)c3ccc(NC(N)=O)cc3)cc2C1. The number of urea groups is 1. The third-order valence-electron chi connectivity index (χ3n) is 3.77. The van der Waals surface area contributed by atoms with E-state index in [9.17, 15) is 13.2 Å². The maximum absolute atomic E-state index is 12.5. The summed E-state index contributed by atoms with van der Waals surface area (Å²) in [5.41, 5.74) is 8.32. The summed E-state index contributed by atoms with van der Waals surface area (Å²) in [4.78, 5) is 13.1. The number of carbonyl (C=O) groups is 1. The van der Waals surface area contributed by atoms with Crippen molar-refractivity contribution in [2.45, 2.75) is 18.0 Å². The van der Waals surface area contributed by atoms with Crippen molar-refractivity contribution in [1.82, 2.24) is 4.90 Å². The molecule has 4 N–H and O–H groups in total. The molecule has 0 aromatic heterocycles. The first-order chi connectivity index (χ1) is 11.3. The predicted octanol–water partition coefficient (Wildman–Crippen LogP) is 1.92. The van der Waals surface area contributed by atoms with Gasteiger partial charge >= 0.3 is 6.03 Å². The molecule has 1 heterocycles. The van der Waals surface area contributed by atoms with E-state index >= 15 is 0 Å². The number of nitrogens with two attached hydrogens (primary N) is 1. The quantitative estimate of drug-likeness (QED) is 0.786. The summed E-state index contributed by atoms with van der Waals surface area (Å²) in [6.07, 6.45) is 0. The van der Waals surface area contributed by atoms with Gasteiger partial charge in [-0.25, -0.2) is 13.2 Å². The fourth-order valence-electron chi connectivity index (χ4n) is 2.70. The van der Waals surface area contributed by atoms with Crippen molar-refractivity contribution >= 4 is 27.4 Å². The Labute approximate surface area is 140 Å². The number of sulfonamides is 1. The van der Waals surface area contributed by atoms with Gasteiger partial charge < -0.3 is 11.1 Å². The smallest absolute Gasteiger partial charge is 0.316 e. The van der Waals surface area contributed by atoms with E-state index in [1.54, 1.807) is 6.07 Å². The van der Waals surface area contributed by atoms with Crippen molar-refractivity contribution in [2.75, 3.05) is 17.1 Å². The number of anilines is 2. The number of carbonyl (C=O) groups excluding carboxylic acids is 1. The first-order valence-corrected chi connectivity index (χ1v) is 8.81. The van der Waals surface area contributed by atoms with Crippen molar-refractivity contribution < 1.29 is 13.2 Å². The molecule has 2 amide bonds. The normalized spacial score (nSPS) is 14.2. The van der Waals surface area contributed by atoms with Crippen LogP contribution in [0.15, 0.2) is 47.4 Å². The van der Waals surface area contributed by atoms with E-state index in [-0.39, 0.29) is 4.90 Å². The zero-order valence-electron chi connectivity index (χ0n) is 13.1. The zero-order chi connectivity index (χ0) is 17.3. The highest BCUT2D eigenvalue weighted by Crippen LogP contribution is 2.26. The lowest BCUT2D eigenvalue weighted by molar-refractivity contribution is 0.259.